The maximum Gasteiger partial charge on any atom is 0.234 e. The topological polar surface area (TPSA) is 114 Å². The highest BCUT2D eigenvalue weighted by atomic mass is 16.5. The molecule has 0 aromatic carbocycles. The highest BCUT2D eigenvalue weighted by Crippen LogP contribution is 2.15. The van der Waals surface area contributed by atoms with Crippen LogP contribution in [-0.4, -0.2) is 82.1 Å². The van der Waals surface area contributed by atoms with Crippen molar-refractivity contribution in [2.45, 2.75) is 6.42 Å². The van der Waals surface area contributed by atoms with E-state index in [9.17, 15) is 0 Å². The van der Waals surface area contributed by atoms with Gasteiger partial charge in [-0.15, -0.1) is 0 Å². The van der Waals surface area contributed by atoms with Crippen molar-refractivity contribution in [1.29, 1.82) is 0 Å². The third-order valence-corrected chi connectivity index (χ3v) is 2.82. The zero-order valence-corrected chi connectivity index (χ0v) is 14.6. The fourth-order valence-corrected chi connectivity index (χ4v) is 1.89. The Balaban J connectivity index is 3.17. The number of methoxy groups -OCH3 is 4. The zero-order valence-electron chi connectivity index (χ0n) is 14.6. The number of anilines is 2. The highest BCUT2D eigenvalue weighted by molar-refractivity contribution is 5.38. The van der Waals surface area contributed by atoms with Gasteiger partial charge in [0.1, 0.15) is 32.7 Å². The lowest BCUT2D eigenvalue weighted by Crippen LogP contribution is -2.33. The van der Waals surface area contributed by atoms with Gasteiger partial charge < -0.3 is 24.2 Å². The standard InChI is InChI=1S/C13H26N6O5/c1-21-7-18(8-22-2)12-15-11(5-6-14-20)16-13(17-12)19(9-23-3)10-24-4/h14,20H,5-10H2,1-4H3. The third-order valence-electron chi connectivity index (χ3n) is 2.82. The van der Waals surface area contributed by atoms with Crippen molar-refractivity contribution < 1.29 is 24.2 Å². The molecule has 24 heavy (non-hydrogen) atoms. The number of nitrogens with one attached hydrogen (secondary N) is 1. The molecule has 0 atom stereocenters. The first-order valence-electron chi connectivity index (χ1n) is 7.27. The van der Waals surface area contributed by atoms with E-state index in [0.717, 1.165) is 0 Å². The minimum atomic E-state index is 0.254. The Labute approximate surface area is 141 Å². The van der Waals surface area contributed by atoms with Crippen LogP contribution in [0.1, 0.15) is 5.82 Å². The Kier molecular flexibility index (Phi) is 10.1. The van der Waals surface area contributed by atoms with Crippen molar-refractivity contribution >= 4 is 11.9 Å². The molecule has 0 bridgehead atoms. The molecule has 11 nitrogen and oxygen atoms in total. The first-order valence-corrected chi connectivity index (χ1v) is 7.27. The molecule has 0 aliphatic rings. The number of aromatic nitrogens is 3. The van der Waals surface area contributed by atoms with E-state index < -0.39 is 0 Å². The molecule has 0 radical (unpaired) electrons. The van der Waals surface area contributed by atoms with Gasteiger partial charge in [-0.05, 0) is 0 Å². The van der Waals surface area contributed by atoms with Gasteiger partial charge >= 0.3 is 0 Å². The summed E-state index contributed by atoms with van der Waals surface area (Å²) in [6, 6.07) is 0. The van der Waals surface area contributed by atoms with Crippen LogP contribution in [-0.2, 0) is 25.4 Å². The van der Waals surface area contributed by atoms with E-state index in [1.807, 2.05) is 0 Å². The maximum atomic E-state index is 8.80. The molecule has 0 fully saturated rings. The van der Waals surface area contributed by atoms with Crippen molar-refractivity contribution in [2.24, 2.45) is 0 Å². The summed E-state index contributed by atoms with van der Waals surface area (Å²) in [4.78, 5) is 16.6. The lowest BCUT2D eigenvalue weighted by molar-refractivity contribution is 0.136. The van der Waals surface area contributed by atoms with Crippen LogP contribution in [0, 0.1) is 0 Å². The molecular formula is C13H26N6O5. The summed E-state index contributed by atoms with van der Waals surface area (Å²) in [5.74, 6) is 1.30. The maximum absolute atomic E-state index is 8.80. The molecule has 1 aromatic rings. The molecule has 0 saturated carbocycles. The minimum Gasteiger partial charge on any atom is -0.364 e. The van der Waals surface area contributed by atoms with Gasteiger partial charge in [0, 0.05) is 41.4 Å². The molecule has 1 heterocycles. The Bertz CT molecular complexity index is 420. The Morgan fingerprint density at radius 2 is 1.21 bits per heavy atom. The highest BCUT2D eigenvalue weighted by Gasteiger charge is 2.17. The van der Waals surface area contributed by atoms with E-state index in [2.05, 4.69) is 20.4 Å². The summed E-state index contributed by atoms with van der Waals surface area (Å²) < 4.78 is 20.6. The summed E-state index contributed by atoms with van der Waals surface area (Å²) in [6.07, 6.45) is 0.417. The average molecular weight is 346 g/mol. The van der Waals surface area contributed by atoms with Crippen LogP contribution in [0.3, 0.4) is 0 Å². The number of hydrogen-bond acceptors (Lipinski definition) is 11. The van der Waals surface area contributed by atoms with Crippen LogP contribution in [0.5, 0.6) is 0 Å². The van der Waals surface area contributed by atoms with E-state index in [0.29, 0.717) is 30.7 Å². The SMILES string of the molecule is COCN(COC)c1nc(CCNO)nc(N(COC)COC)n1. The molecule has 11 heteroatoms. The lowest BCUT2D eigenvalue weighted by atomic mass is 10.4. The number of ether oxygens (including phenoxy) is 4. The summed E-state index contributed by atoms with van der Waals surface area (Å²) in [6.45, 7) is 1.33. The van der Waals surface area contributed by atoms with Crippen LogP contribution in [0.25, 0.3) is 0 Å². The molecule has 0 unspecified atom stereocenters. The van der Waals surface area contributed by atoms with Crippen molar-refractivity contribution in [3.8, 4) is 0 Å². The molecular weight excluding hydrogens is 320 g/mol. The number of hydroxylamine groups is 1. The minimum absolute atomic E-state index is 0.254. The van der Waals surface area contributed by atoms with E-state index in [-0.39, 0.29) is 26.9 Å². The van der Waals surface area contributed by atoms with Crippen molar-refractivity contribution in [1.82, 2.24) is 20.4 Å². The Morgan fingerprint density at radius 1 is 0.792 bits per heavy atom. The largest absolute Gasteiger partial charge is 0.364 e. The predicted molar refractivity (Wildman–Crippen MR) is 85.8 cm³/mol. The summed E-state index contributed by atoms with van der Waals surface area (Å²) in [5.41, 5.74) is 2.09. The van der Waals surface area contributed by atoms with E-state index >= 15 is 0 Å². The smallest absolute Gasteiger partial charge is 0.234 e. The number of hydrogen-bond donors (Lipinski definition) is 2. The number of rotatable bonds is 13. The summed E-state index contributed by atoms with van der Waals surface area (Å²) >= 11 is 0. The van der Waals surface area contributed by atoms with Crippen LogP contribution in [0.2, 0.25) is 0 Å². The van der Waals surface area contributed by atoms with E-state index in [1.54, 1.807) is 38.2 Å². The molecule has 0 spiro atoms. The molecule has 138 valence electrons. The van der Waals surface area contributed by atoms with Crippen LogP contribution in [0.15, 0.2) is 0 Å². The van der Waals surface area contributed by atoms with Crippen LogP contribution < -0.4 is 15.3 Å². The second-order valence-corrected chi connectivity index (χ2v) is 4.76. The van der Waals surface area contributed by atoms with Gasteiger partial charge in [0.25, 0.3) is 0 Å². The zero-order chi connectivity index (χ0) is 17.8. The first kappa shape index (κ1) is 20.4. The van der Waals surface area contributed by atoms with Gasteiger partial charge in [0.15, 0.2) is 0 Å². The first-order chi connectivity index (χ1) is 11.7. The van der Waals surface area contributed by atoms with Gasteiger partial charge in [-0.25, -0.2) is 5.48 Å². The van der Waals surface area contributed by atoms with Gasteiger partial charge in [0.05, 0.1) is 0 Å². The van der Waals surface area contributed by atoms with Crippen molar-refractivity contribution in [3.63, 3.8) is 0 Å². The summed E-state index contributed by atoms with van der Waals surface area (Å²) in [5, 5.41) is 8.80. The predicted octanol–water partition coefficient (Wildman–Crippen LogP) is -0.579. The molecule has 1 aromatic heterocycles. The van der Waals surface area contributed by atoms with E-state index in [4.69, 9.17) is 24.2 Å². The Morgan fingerprint density at radius 3 is 1.54 bits per heavy atom. The van der Waals surface area contributed by atoms with Crippen molar-refractivity contribution in [3.05, 3.63) is 5.82 Å². The monoisotopic (exact) mass is 346 g/mol. The summed E-state index contributed by atoms with van der Waals surface area (Å²) in [7, 11) is 6.29. The third kappa shape index (κ3) is 6.47. The average Bonchev–Trinajstić information content (AvgIpc) is 2.59. The Hall–Kier alpha value is -1.63. The van der Waals surface area contributed by atoms with Gasteiger partial charge in [-0.2, -0.15) is 15.0 Å². The van der Waals surface area contributed by atoms with Crippen LogP contribution in [0.4, 0.5) is 11.9 Å². The number of nitrogens with zero attached hydrogens (tertiary/aromatic N) is 5. The normalized spacial score (nSPS) is 10.9. The molecule has 1 rings (SSSR count). The molecule has 2 N–H and O–H groups in total. The van der Waals surface area contributed by atoms with Gasteiger partial charge in [-0.3, -0.25) is 9.80 Å². The fraction of sp³-hybridized carbons (Fsp3) is 0.769. The lowest BCUT2D eigenvalue weighted by Gasteiger charge is -2.24. The molecule has 0 amide bonds. The quantitative estimate of drug-likeness (QED) is 0.353. The van der Waals surface area contributed by atoms with Gasteiger partial charge in [-0.1, -0.05) is 0 Å². The second kappa shape index (κ2) is 11.8. The molecule has 0 aliphatic heterocycles. The van der Waals surface area contributed by atoms with Crippen LogP contribution >= 0.6 is 0 Å². The van der Waals surface area contributed by atoms with Gasteiger partial charge in [0.2, 0.25) is 11.9 Å². The molecule has 0 aliphatic carbocycles. The second-order valence-electron chi connectivity index (χ2n) is 4.76. The fourth-order valence-electron chi connectivity index (χ4n) is 1.89. The molecule has 0 saturated heterocycles. The van der Waals surface area contributed by atoms with Crippen molar-refractivity contribution in [2.75, 3.05) is 71.7 Å². The van der Waals surface area contributed by atoms with E-state index in [1.165, 1.54) is 0 Å².